The van der Waals surface area contributed by atoms with Crippen molar-refractivity contribution in [2.75, 3.05) is 30.3 Å². The van der Waals surface area contributed by atoms with Crippen molar-refractivity contribution in [3.05, 3.63) is 12.1 Å². The molecule has 0 unspecified atom stereocenters. The van der Waals surface area contributed by atoms with Crippen LogP contribution in [0.15, 0.2) is 12.1 Å². The van der Waals surface area contributed by atoms with Gasteiger partial charge < -0.3 is 16.0 Å². The van der Waals surface area contributed by atoms with Crippen LogP contribution in [0, 0.1) is 0 Å². The molecule has 0 bridgehead atoms. The molecule has 94 valence electrons. The van der Waals surface area contributed by atoms with E-state index in [9.17, 15) is 13.2 Å². The van der Waals surface area contributed by atoms with E-state index in [1.54, 1.807) is 11.0 Å². The smallest absolute Gasteiger partial charge is 0.382 e. The van der Waals surface area contributed by atoms with E-state index in [1.165, 1.54) is 6.07 Å². The molecule has 3 N–H and O–H groups in total. The van der Waals surface area contributed by atoms with Gasteiger partial charge in [-0.2, -0.15) is 13.2 Å². The van der Waals surface area contributed by atoms with E-state index in [-0.39, 0.29) is 18.9 Å². The predicted octanol–water partition coefficient (Wildman–Crippen LogP) is 0.399. The van der Waals surface area contributed by atoms with Gasteiger partial charge in [0.15, 0.2) is 5.82 Å². The van der Waals surface area contributed by atoms with E-state index in [2.05, 4.69) is 15.5 Å². The maximum atomic E-state index is 12.5. The van der Waals surface area contributed by atoms with Gasteiger partial charge in [0.2, 0.25) is 0 Å². The zero-order chi connectivity index (χ0) is 12.5. The number of nitrogens with two attached hydrogens (primary N) is 1. The molecule has 0 saturated carbocycles. The van der Waals surface area contributed by atoms with Crippen LogP contribution in [0.5, 0.6) is 0 Å². The van der Waals surface area contributed by atoms with Crippen molar-refractivity contribution in [2.45, 2.75) is 12.2 Å². The second-order valence-corrected chi connectivity index (χ2v) is 3.81. The molecule has 2 heterocycles. The van der Waals surface area contributed by atoms with Gasteiger partial charge >= 0.3 is 6.18 Å². The van der Waals surface area contributed by atoms with Gasteiger partial charge in [-0.05, 0) is 12.1 Å². The van der Waals surface area contributed by atoms with Crippen LogP contribution in [0.2, 0.25) is 0 Å². The van der Waals surface area contributed by atoms with Crippen LogP contribution in [0.4, 0.5) is 24.8 Å². The van der Waals surface area contributed by atoms with Crippen LogP contribution in [0.3, 0.4) is 0 Å². The summed E-state index contributed by atoms with van der Waals surface area (Å²) in [5.41, 5.74) is 5.37. The highest BCUT2D eigenvalue weighted by molar-refractivity contribution is 5.42. The molecule has 1 aromatic rings. The molecule has 1 atom stereocenters. The van der Waals surface area contributed by atoms with Crippen molar-refractivity contribution in [2.24, 2.45) is 0 Å². The summed E-state index contributed by atoms with van der Waals surface area (Å²) in [6, 6.07) is 1.56. The lowest BCUT2D eigenvalue weighted by Gasteiger charge is -2.34. The zero-order valence-corrected chi connectivity index (χ0v) is 8.91. The highest BCUT2D eigenvalue weighted by Crippen LogP contribution is 2.24. The van der Waals surface area contributed by atoms with Gasteiger partial charge in [-0.15, -0.1) is 10.2 Å². The lowest BCUT2D eigenvalue weighted by molar-refractivity contribution is -0.155. The van der Waals surface area contributed by atoms with Gasteiger partial charge in [0.05, 0.1) is 0 Å². The molecule has 5 nitrogen and oxygen atoms in total. The standard InChI is InChI=1S/C9H12F3N5/c10-9(11,12)6-5-17(4-3-14-6)8-2-1-7(13)15-16-8/h1-2,6,14H,3-5H2,(H2,13,15)/t6-/m0/s1. The number of aromatic nitrogens is 2. The highest BCUT2D eigenvalue weighted by Gasteiger charge is 2.42. The van der Waals surface area contributed by atoms with Crippen LogP contribution in [0.1, 0.15) is 0 Å². The number of hydrogen-bond acceptors (Lipinski definition) is 5. The lowest BCUT2D eigenvalue weighted by Crippen LogP contribution is -2.57. The molecule has 0 aromatic carbocycles. The molecular weight excluding hydrogens is 235 g/mol. The Bertz CT molecular complexity index is 377. The Hall–Kier alpha value is -1.57. The van der Waals surface area contributed by atoms with Crippen molar-refractivity contribution in [1.82, 2.24) is 15.5 Å². The summed E-state index contributed by atoms with van der Waals surface area (Å²) in [5, 5.41) is 9.83. The normalized spacial score (nSPS) is 21.6. The molecule has 1 aliphatic heterocycles. The predicted molar refractivity (Wildman–Crippen MR) is 56.5 cm³/mol. The quantitative estimate of drug-likeness (QED) is 0.752. The number of halogens is 3. The minimum absolute atomic E-state index is 0.165. The molecule has 17 heavy (non-hydrogen) atoms. The number of rotatable bonds is 1. The summed E-state index contributed by atoms with van der Waals surface area (Å²) in [6.07, 6.45) is -4.25. The van der Waals surface area contributed by atoms with Crippen molar-refractivity contribution >= 4 is 11.6 Å². The van der Waals surface area contributed by atoms with Gasteiger partial charge in [-0.1, -0.05) is 0 Å². The molecule has 0 spiro atoms. The van der Waals surface area contributed by atoms with E-state index in [1.807, 2.05) is 0 Å². The third-order valence-electron chi connectivity index (χ3n) is 2.57. The molecule has 1 aromatic heterocycles. The van der Waals surface area contributed by atoms with Crippen LogP contribution >= 0.6 is 0 Å². The minimum Gasteiger partial charge on any atom is -0.382 e. The third-order valence-corrected chi connectivity index (χ3v) is 2.57. The van der Waals surface area contributed by atoms with Crippen molar-refractivity contribution < 1.29 is 13.2 Å². The van der Waals surface area contributed by atoms with Crippen LogP contribution in [0.25, 0.3) is 0 Å². The summed E-state index contributed by atoms with van der Waals surface area (Å²) >= 11 is 0. The summed E-state index contributed by atoms with van der Waals surface area (Å²) < 4.78 is 37.6. The second kappa shape index (κ2) is 4.36. The first-order valence-electron chi connectivity index (χ1n) is 5.11. The Kier molecular flexibility index (Phi) is 3.05. The van der Waals surface area contributed by atoms with Gasteiger partial charge in [0.25, 0.3) is 0 Å². The minimum atomic E-state index is -4.25. The van der Waals surface area contributed by atoms with E-state index < -0.39 is 12.2 Å². The molecular formula is C9H12F3N5. The van der Waals surface area contributed by atoms with Gasteiger partial charge in [-0.3, -0.25) is 0 Å². The van der Waals surface area contributed by atoms with Gasteiger partial charge in [0, 0.05) is 19.6 Å². The molecule has 1 fully saturated rings. The monoisotopic (exact) mass is 247 g/mol. The molecule has 1 aliphatic rings. The molecule has 0 aliphatic carbocycles. The maximum absolute atomic E-state index is 12.5. The summed E-state index contributed by atoms with van der Waals surface area (Å²) in [6.45, 7) is 0.559. The number of alkyl halides is 3. The summed E-state index contributed by atoms with van der Waals surface area (Å²) in [7, 11) is 0. The molecule has 8 heteroatoms. The first-order chi connectivity index (χ1) is 7.97. The second-order valence-electron chi connectivity index (χ2n) is 3.81. The SMILES string of the molecule is Nc1ccc(N2CCN[C@H](C(F)(F)F)C2)nn1. The first-order valence-corrected chi connectivity index (χ1v) is 5.11. The van der Waals surface area contributed by atoms with Crippen LogP contribution in [-0.2, 0) is 0 Å². The summed E-state index contributed by atoms with van der Waals surface area (Å²) in [4.78, 5) is 1.54. The molecule has 2 rings (SSSR count). The fourth-order valence-electron chi connectivity index (χ4n) is 1.68. The maximum Gasteiger partial charge on any atom is 0.405 e. The fourth-order valence-corrected chi connectivity index (χ4v) is 1.68. The van der Waals surface area contributed by atoms with Gasteiger partial charge in [0.1, 0.15) is 11.9 Å². The number of piperazine rings is 1. The average molecular weight is 247 g/mol. The van der Waals surface area contributed by atoms with Crippen molar-refractivity contribution in [3.8, 4) is 0 Å². The van der Waals surface area contributed by atoms with Crippen molar-refractivity contribution in [3.63, 3.8) is 0 Å². The Labute approximate surface area is 95.8 Å². The lowest BCUT2D eigenvalue weighted by atomic mass is 10.2. The number of nitrogen functional groups attached to an aromatic ring is 1. The molecule has 1 saturated heterocycles. The topological polar surface area (TPSA) is 67.1 Å². The summed E-state index contributed by atoms with van der Waals surface area (Å²) in [5.74, 6) is 0.659. The first kappa shape index (κ1) is 11.9. The Morgan fingerprint density at radius 3 is 2.71 bits per heavy atom. The fraction of sp³-hybridized carbons (Fsp3) is 0.556. The molecule has 0 amide bonds. The Morgan fingerprint density at radius 1 is 1.35 bits per heavy atom. The van der Waals surface area contributed by atoms with E-state index in [0.717, 1.165) is 0 Å². The van der Waals surface area contributed by atoms with E-state index in [4.69, 9.17) is 5.73 Å². The Balaban J connectivity index is 2.09. The number of nitrogens with one attached hydrogen (secondary N) is 1. The van der Waals surface area contributed by atoms with Crippen molar-refractivity contribution in [1.29, 1.82) is 0 Å². The average Bonchev–Trinajstić information content (AvgIpc) is 2.29. The highest BCUT2D eigenvalue weighted by atomic mass is 19.4. The van der Waals surface area contributed by atoms with Crippen LogP contribution in [-0.4, -0.2) is 42.0 Å². The van der Waals surface area contributed by atoms with Gasteiger partial charge in [-0.25, -0.2) is 0 Å². The van der Waals surface area contributed by atoms with Crippen LogP contribution < -0.4 is 16.0 Å². The third kappa shape index (κ3) is 2.76. The number of nitrogens with zero attached hydrogens (tertiary/aromatic N) is 3. The largest absolute Gasteiger partial charge is 0.405 e. The van der Waals surface area contributed by atoms with E-state index in [0.29, 0.717) is 12.4 Å². The number of hydrogen-bond donors (Lipinski definition) is 2. The zero-order valence-electron chi connectivity index (χ0n) is 8.91. The Morgan fingerprint density at radius 2 is 2.12 bits per heavy atom. The van der Waals surface area contributed by atoms with E-state index >= 15 is 0 Å². The molecule has 0 radical (unpaired) electrons. The number of anilines is 2.